The molecule has 172 valence electrons. The number of anilines is 1. The standard InChI is InChI=1S/C25H29N5O3/c1-16(2)32-23-7-5-18(12-20(23)13-27)25-30(15-28-33-25)22-6-4-19-14-29(24(31)8-10-26)11-9-21(19)17(22)3/h4-7,12,15-16,25H,8-11,14,26H2,1-3H3. The van der Waals surface area contributed by atoms with Gasteiger partial charge >= 0.3 is 0 Å². The number of ether oxygens (including phenoxy) is 1. The lowest BCUT2D eigenvalue weighted by molar-refractivity contribution is -0.131. The van der Waals surface area contributed by atoms with Crippen molar-refractivity contribution in [3.8, 4) is 11.8 Å². The number of oxime groups is 1. The molecule has 0 fully saturated rings. The second-order valence-corrected chi connectivity index (χ2v) is 8.57. The third kappa shape index (κ3) is 4.50. The number of carbonyl (C=O) groups is 1. The molecule has 0 spiro atoms. The molecule has 8 nitrogen and oxygen atoms in total. The minimum Gasteiger partial charge on any atom is -0.490 e. The zero-order chi connectivity index (χ0) is 23.5. The summed E-state index contributed by atoms with van der Waals surface area (Å²) in [4.78, 5) is 21.8. The molecule has 4 rings (SSSR count). The van der Waals surface area contributed by atoms with Crippen molar-refractivity contribution >= 4 is 17.9 Å². The van der Waals surface area contributed by atoms with E-state index in [-0.39, 0.29) is 12.0 Å². The van der Waals surface area contributed by atoms with Gasteiger partial charge in [-0.05, 0) is 68.1 Å². The first-order chi connectivity index (χ1) is 15.9. The summed E-state index contributed by atoms with van der Waals surface area (Å²) >= 11 is 0. The van der Waals surface area contributed by atoms with E-state index in [1.165, 1.54) is 5.56 Å². The Hall–Kier alpha value is -3.57. The Morgan fingerprint density at radius 3 is 2.91 bits per heavy atom. The summed E-state index contributed by atoms with van der Waals surface area (Å²) in [5.41, 5.74) is 11.4. The quantitative estimate of drug-likeness (QED) is 0.728. The molecule has 2 aliphatic rings. The molecule has 2 aromatic carbocycles. The molecule has 1 atom stereocenters. The van der Waals surface area contributed by atoms with Gasteiger partial charge in [0.15, 0.2) is 0 Å². The average Bonchev–Trinajstić information content (AvgIpc) is 3.28. The van der Waals surface area contributed by atoms with Gasteiger partial charge in [0.1, 0.15) is 18.2 Å². The van der Waals surface area contributed by atoms with Gasteiger partial charge in [0, 0.05) is 37.3 Å². The van der Waals surface area contributed by atoms with E-state index in [1.54, 1.807) is 18.5 Å². The van der Waals surface area contributed by atoms with E-state index in [9.17, 15) is 10.1 Å². The van der Waals surface area contributed by atoms with Gasteiger partial charge in [-0.3, -0.25) is 9.69 Å². The van der Waals surface area contributed by atoms with Gasteiger partial charge in [-0.2, -0.15) is 5.26 Å². The summed E-state index contributed by atoms with van der Waals surface area (Å²) in [7, 11) is 0. The number of fused-ring (bicyclic) bond motifs is 1. The Balaban J connectivity index is 1.60. The van der Waals surface area contributed by atoms with Crippen LogP contribution in [0.3, 0.4) is 0 Å². The number of hydrogen-bond acceptors (Lipinski definition) is 7. The summed E-state index contributed by atoms with van der Waals surface area (Å²) in [5, 5.41) is 13.7. The summed E-state index contributed by atoms with van der Waals surface area (Å²) in [6.45, 7) is 7.61. The Morgan fingerprint density at radius 1 is 1.36 bits per heavy atom. The number of nitrogens with two attached hydrogens (primary N) is 1. The van der Waals surface area contributed by atoms with Crippen LogP contribution in [0.15, 0.2) is 35.5 Å². The lowest BCUT2D eigenvalue weighted by Crippen LogP contribution is -2.37. The van der Waals surface area contributed by atoms with Crippen molar-refractivity contribution in [3.05, 3.63) is 58.1 Å². The molecule has 1 amide bonds. The molecule has 8 heteroatoms. The third-order valence-corrected chi connectivity index (χ3v) is 6.01. The van der Waals surface area contributed by atoms with Gasteiger partial charge < -0.3 is 20.2 Å². The van der Waals surface area contributed by atoms with Gasteiger partial charge in [-0.1, -0.05) is 11.2 Å². The van der Waals surface area contributed by atoms with Crippen molar-refractivity contribution in [2.24, 2.45) is 10.9 Å². The number of nitriles is 1. The third-order valence-electron chi connectivity index (χ3n) is 6.01. The first-order valence-electron chi connectivity index (χ1n) is 11.2. The zero-order valence-electron chi connectivity index (χ0n) is 19.2. The van der Waals surface area contributed by atoms with Crippen molar-refractivity contribution in [1.82, 2.24) is 4.90 Å². The Bertz CT molecular complexity index is 1120. The highest BCUT2D eigenvalue weighted by Crippen LogP contribution is 2.37. The summed E-state index contributed by atoms with van der Waals surface area (Å²) < 4.78 is 5.74. The van der Waals surface area contributed by atoms with Crippen molar-refractivity contribution in [1.29, 1.82) is 5.26 Å². The molecule has 0 radical (unpaired) electrons. The van der Waals surface area contributed by atoms with E-state index in [0.29, 0.717) is 37.4 Å². The second kappa shape index (κ2) is 9.51. The van der Waals surface area contributed by atoms with Crippen LogP contribution < -0.4 is 15.4 Å². The van der Waals surface area contributed by atoms with E-state index < -0.39 is 6.23 Å². The maximum Gasteiger partial charge on any atom is 0.231 e. The van der Waals surface area contributed by atoms with Crippen LogP contribution in [0, 0.1) is 18.3 Å². The van der Waals surface area contributed by atoms with Gasteiger partial charge in [0.2, 0.25) is 12.1 Å². The molecule has 2 N–H and O–H groups in total. The topological polar surface area (TPSA) is 104 Å². The van der Waals surface area contributed by atoms with Crippen LogP contribution in [0.1, 0.15) is 54.3 Å². The van der Waals surface area contributed by atoms with E-state index in [1.807, 2.05) is 35.8 Å². The van der Waals surface area contributed by atoms with Crippen molar-refractivity contribution in [2.75, 3.05) is 18.0 Å². The molecular formula is C25H29N5O3. The molecule has 2 aromatic rings. The number of benzene rings is 2. The number of amides is 1. The predicted octanol–water partition coefficient (Wildman–Crippen LogP) is 3.37. The highest BCUT2D eigenvalue weighted by Gasteiger charge is 2.30. The number of hydrogen-bond donors (Lipinski definition) is 1. The monoisotopic (exact) mass is 447 g/mol. The SMILES string of the molecule is Cc1c(N2C=NOC2c2ccc(OC(C)C)c(C#N)c2)ccc2c1CCN(C(=O)CCN)C2. The molecule has 0 saturated carbocycles. The number of carbonyl (C=O) groups excluding carboxylic acids is 1. The normalized spacial score (nSPS) is 17.0. The smallest absolute Gasteiger partial charge is 0.231 e. The highest BCUT2D eigenvalue weighted by molar-refractivity contribution is 5.83. The lowest BCUT2D eigenvalue weighted by Gasteiger charge is -2.32. The second-order valence-electron chi connectivity index (χ2n) is 8.57. The van der Waals surface area contributed by atoms with E-state index in [4.69, 9.17) is 15.3 Å². The zero-order valence-corrected chi connectivity index (χ0v) is 19.2. The average molecular weight is 448 g/mol. The van der Waals surface area contributed by atoms with Crippen LogP contribution >= 0.6 is 0 Å². The molecule has 0 bridgehead atoms. The Morgan fingerprint density at radius 2 is 2.18 bits per heavy atom. The molecule has 0 saturated heterocycles. The summed E-state index contributed by atoms with van der Waals surface area (Å²) in [6.07, 6.45) is 2.34. The molecule has 2 heterocycles. The van der Waals surface area contributed by atoms with E-state index in [0.717, 1.165) is 28.8 Å². The fraction of sp³-hybridized carbons (Fsp3) is 0.400. The van der Waals surface area contributed by atoms with E-state index >= 15 is 0 Å². The molecule has 2 aliphatic heterocycles. The van der Waals surface area contributed by atoms with Crippen LogP contribution in [0.2, 0.25) is 0 Å². The number of nitrogens with zero attached hydrogens (tertiary/aromatic N) is 4. The van der Waals surface area contributed by atoms with Gasteiger partial charge in [-0.15, -0.1) is 0 Å². The molecule has 33 heavy (non-hydrogen) atoms. The van der Waals surface area contributed by atoms with Crippen molar-refractivity contribution in [3.63, 3.8) is 0 Å². The Kier molecular flexibility index (Phi) is 6.52. The molecule has 0 aromatic heterocycles. The van der Waals surface area contributed by atoms with Crippen LogP contribution in [-0.2, 0) is 22.6 Å². The van der Waals surface area contributed by atoms with Crippen LogP contribution in [0.25, 0.3) is 0 Å². The molecule has 0 aliphatic carbocycles. The maximum absolute atomic E-state index is 12.3. The van der Waals surface area contributed by atoms with Crippen LogP contribution in [0.5, 0.6) is 5.75 Å². The lowest BCUT2D eigenvalue weighted by atomic mass is 9.93. The minimum absolute atomic E-state index is 0.0230. The first-order valence-corrected chi connectivity index (χ1v) is 11.2. The minimum atomic E-state index is -0.479. The molecule has 1 unspecified atom stereocenters. The van der Waals surface area contributed by atoms with Crippen molar-refractivity contribution in [2.45, 2.75) is 52.5 Å². The fourth-order valence-corrected chi connectivity index (χ4v) is 4.40. The van der Waals surface area contributed by atoms with E-state index in [2.05, 4.69) is 24.2 Å². The van der Waals surface area contributed by atoms with Crippen LogP contribution in [-0.4, -0.2) is 36.3 Å². The molecular weight excluding hydrogens is 418 g/mol. The highest BCUT2D eigenvalue weighted by atomic mass is 16.7. The Labute approximate surface area is 194 Å². The van der Waals surface area contributed by atoms with Crippen LogP contribution in [0.4, 0.5) is 5.69 Å². The van der Waals surface area contributed by atoms with Gasteiger partial charge in [0.05, 0.1) is 11.7 Å². The largest absolute Gasteiger partial charge is 0.490 e. The van der Waals surface area contributed by atoms with Gasteiger partial charge in [-0.25, -0.2) is 0 Å². The summed E-state index contributed by atoms with van der Waals surface area (Å²) in [6, 6.07) is 11.8. The predicted molar refractivity (Wildman–Crippen MR) is 126 cm³/mol. The summed E-state index contributed by atoms with van der Waals surface area (Å²) in [5.74, 6) is 0.656. The fourth-order valence-electron chi connectivity index (χ4n) is 4.40. The maximum atomic E-state index is 12.3. The van der Waals surface area contributed by atoms with Crippen molar-refractivity contribution < 1.29 is 14.4 Å². The van der Waals surface area contributed by atoms with Gasteiger partial charge in [0.25, 0.3) is 0 Å². The number of rotatable bonds is 6. The first kappa shape index (κ1) is 22.6.